The average Bonchev–Trinajstić information content (AvgIpc) is 3.18. The number of aromatic nitrogens is 2. The molecule has 28 heavy (non-hydrogen) atoms. The summed E-state index contributed by atoms with van der Waals surface area (Å²) in [5.74, 6) is 1.49. The van der Waals surface area contributed by atoms with Crippen LogP contribution in [-0.4, -0.2) is 9.97 Å². The molecular formula is C23H19N3OS. The van der Waals surface area contributed by atoms with Gasteiger partial charge in [-0.2, -0.15) is 0 Å². The number of hydrogen-bond acceptors (Lipinski definition) is 5. The van der Waals surface area contributed by atoms with Crippen molar-refractivity contribution in [3.05, 3.63) is 78.0 Å². The quantitative estimate of drug-likeness (QED) is 0.382. The highest BCUT2D eigenvalue weighted by atomic mass is 32.1. The van der Waals surface area contributed by atoms with Crippen LogP contribution in [0.15, 0.2) is 66.9 Å². The van der Waals surface area contributed by atoms with E-state index in [0.29, 0.717) is 5.95 Å². The first-order valence-electron chi connectivity index (χ1n) is 9.24. The van der Waals surface area contributed by atoms with Gasteiger partial charge < -0.3 is 10.1 Å². The summed E-state index contributed by atoms with van der Waals surface area (Å²) in [4.78, 5) is 11.4. The van der Waals surface area contributed by atoms with Crippen LogP contribution in [0.5, 0.6) is 5.75 Å². The maximum Gasteiger partial charge on any atom is 0.227 e. The summed E-state index contributed by atoms with van der Waals surface area (Å²) in [5.41, 5.74) is 5.29. The molecule has 1 aliphatic rings. The first-order valence-corrected chi connectivity index (χ1v) is 10.1. The Morgan fingerprint density at radius 3 is 2.79 bits per heavy atom. The lowest BCUT2D eigenvalue weighted by atomic mass is 10.1. The number of thiophene rings is 1. The Morgan fingerprint density at radius 1 is 1.00 bits per heavy atom. The summed E-state index contributed by atoms with van der Waals surface area (Å²) >= 11 is 1.72. The molecule has 2 aromatic carbocycles. The van der Waals surface area contributed by atoms with E-state index >= 15 is 0 Å². The number of benzene rings is 2. The van der Waals surface area contributed by atoms with Gasteiger partial charge in [0.25, 0.3) is 0 Å². The van der Waals surface area contributed by atoms with Gasteiger partial charge in [0.05, 0.1) is 10.6 Å². The number of rotatable bonds is 0. The fourth-order valence-corrected chi connectivity index (χ4v) is 4.57. The minimum absolute atomic E-state index is 0.0862. The van der Waals surface area contributed by atoms with Gasteiger partial charge in [-0.3, -0.25) is 0 Å². The molecule has 0 spiro atoms. The second kappa shape index (κ2) is 6.77. The molecule has 0 radical (unpaired) electrons. The van der Waals surface area contributed by atoms with Gasteiger partial charge in [0.1, 0.15) is 11.9 Å². The van der Waals surface area contributed by atoms with Crippen LogP contribution in [0.2, 0.25) is 0 Å². The Labute approximate surface area is 167 Å². The first-order chi connectivity index (χ1) is 13.7. The highest BCUT2D eigenvalue weighted by molar-refractivity contribution is 7.18. The van der Waals surface area contributed by atoms with Gasteiger partial charge in [-0.05, 0) is 61.4 Å². The zero-order valence-electron chi connectivity index (χ0n) is 15.6. The molecule has 0 saturated heterocycles. The van der Waals surface area contributed by atoms with Crippen LogP contribution in [-0.2, 0) is 0 Å². The van der Waals surface area contributed by atoms with Crippen molar-refractivity contribution in [3.8, 4) is 26.8 Å². The molecule has 0 amide bonds. The molecule has 0 fully saturated rings. The van der Waals surface area contributed by atoms with Crippen molar-refractivity contribution in [1.29, 1.82) is 0 Å². The van der Waals surface area contributed by atoms with Crippen LogP contribution < -0.4 is 10.1 Å². The van der Waals surface area contributed by atoms with E-state index in [1.54, 1.807) is 17.5 Å². The summed E-state index contributed by atoms with van der Waals surface area (Å²) in [5, 5.41) is 3.31. The van der Waals surface area contributed by atoms with Gasteiger partial charge >= 0.3 is 0 Å². The molecule has 1 atom stereocenters. The summed E-state index contributed by atoms with van der Waals surface area (Å²) in [6.07, 6.45) is 1.71. The highest BCUT2D eigenvalue weighted by Crippen LogP contribution is 2.41. The van der Waals surface area contributed by atoms with Crippen molar-refractivity contribution in [2.24, 2.45) is 0 Å². The molecule has 2 aromatic heterocycles. The molecule has 0 saturated carbocycles. The Balaban J connectivity index is 1.74. The summed E-state index contributed by atoms with van der Waals surface area (Å²) in [6, 6.07) is 20.6. The van der Waals surface area contributed by atoms with E-state index in [0.717, 1.165) is 33.1 Å². The lowest BCUT2D eigenvalue weighted by Crippen LogP contribution is -2.05. The third kappa shape index (κ3) is 3.04. The number of hydrogen-bond donors (Lipinski definition) is 1. The molecule has 5 rings (SSSR count). The number of nitrogens with one attached hydrogen (secondary N) is 1. The topological polar surface area (TPSA) is 47.0 Å². The largest absolute Gasteiger partial charge is 0.485 e. The molecule has 5 heteroatoms. The predicted octanol–water partition coefficient (Wildman–Crippen LogP) is 6.38. The fourth-order valence-electron chi connectivity index (χ4n) is 3.48. The average molecular weight is 385 g/mol. The van der Waals surface area contributed by atoms with Crippen molar-refractivity contribution in [1.82, 2.24) is 9.97 Å². The van der Waals surface area contributed by atoms with E-state index in [2.05, 4.69) is 60.5 Å². The van der Waals surface area contributed by atoms with E-state index in [1.165, 1.54) is 10.4 Å². The third-order valence-corrected chi connectivity index (χ3v) is 6.04. The monoisotopic (exact) mass is 385 g/mol. The molecule has 0 aliphatic carbocycles. The lowest BCUT2D eigenvalue weighted by molar-refractivity contribution is 0.228. The summed E-state index contributed by atoms with van der Waals surface area (Å²) < 4.78 is 6.43. The second-order valence-corrected chi connectivity index (χ2v) is 7.97. The van der Waals surface area contributed by atoms with Crippen molar-refractivity contribution >= 4 is 23.0 Å². The predicted molar refractivity (Wildman–Crippen MR) is 114 cm³/mol. The van der Waals surface area contributed by atoms with E-state index < -0.39 is 0 Å². The van der Waals surface area contributed by atoms with Crippen LogP contribution in [0.3, 0.4) is 0 Å². The Kier molecular flexibility index (Phi) is 4.10. The molecule has 1 N–H and O–H groups in total. The van der Waals surface area contributed by atoms with Gasteiger partial charge in [-0.15, -0.1) is 11.3 Å². The van der Waals surface area contributed by atoms with E-state index in [1.807, 2.05) is 24.3 Å². The highest BCUT2D eigenvalue weighted by Gasteiger charge is 2.17. The van der Waals surface area contributed by atoms with Crippen molar-refractivity contribution < 1.29 is 4.74 Å². The first kappa shape index (κ1) is 17.0. The zero-order chi connectivity index (χ0) is 19.1. The third-order valence-electron chi connectivity index (χ3n) is 4.91. The van der Waals surface area contributed by atoms with Gasteiger partial charge in [-0.25, -0.2) is 9.97 Å². The number of nitrogens with zero attached hydrogens (tertiary/aromatic N) is 2. The van der Waals surface area contributed by atoms with E-state index in [9.17, 15) is 0 Å². The van der Waals surface area contributed by atoms with Crippen LogP contribution in [0.4, 0.5) is 11.6 Å². The van der Waals surface area contributed by atoms with Crippen molar-refractivity contribution in [2.75, 3.05) is 5.32 Å². The molecule has 6 bridgehead atoms. The Morgan fingerprint density at radius 2 is 1.86 bits per heavy atom. The molecular weight excluding hydrogens is 366 g/mol. The smallest absolute Gasteiger partial charge is 0.227 e. The van der Waals surface area contributed by atoms with Gasteiger partial charge in [0.15, 0.2) is 0 Å². The fraction of sp³-hybridized carbons (Fsp3) is 0.130. The minimum Gasteiger partial charge on any atom is -0.485 e. The number of ether oxygens (including phenoxy) is 1. The van der Waals surface area contributed by atoms with Gasteiger partial charge in [0.2, 0.25) is 5.95 Å². The van der Waals surface area contributed by atoms with Crippen LogP contribution in [0.25, 0.3) is 21.0 Å². The molecule has 1 aliphatic heterocycles. The van der Waals surface area contributed by atoms with E-state index in [-0.39, 0.29) is 6.10 Å². The standard InChI is InChI=1S/C23H19N3OS/c1-14-5-3-8-19-22(14)21-10-9-20(28-21)18-11-12-24-23(26-18)25-17-7-4-6-16(13-17)15(2)27-19/h3-13,15H,1-2H3,(H,24,25,26). The second-order valence-electron chi connectivity index (χ2n) is 6.89. The van der Waals surface area contributed by atoms with Gasteiger partial charge in [-0.1, -0.05) is 24.3 Å². The van der Waals surface area contributed by atoms with E-state index in [4.69, 9.17) is 9.72 Å². The van der Waals surface area contributed by atoms with Crippen LogP contribution in [0, 0.1) is 6.92 Å². The summed E-state index contributed by atoms with van der Waals surface area (Å²) in [6.45, 7) is 4.21. The van der Waals surface area contributed by atoms with Gasteiger partial charge in [0, 0.05) is 22.3 Å². The number of fused-ring (bicyclic) bond motifs is 9. The van der Waals surface area contributed by atoms with Crippen molar-refractivity contribution in [2.45, 2.75) is 20.0 Å². The molecule has 4 nitrogen and oxygen atoms in total. The normalized spacial score (nSPS) is 15.0. The Hall–Kier alpha value is -3.18. The zero-order valence-corrected chi connectivity index (χ0v) is 16.5. The molecule has 4 aromatic rings. The maximum absolute atomic E-state index is 6.43. The van der Waals surface area contributed by atoms with Crippen LogP contribution in [0.1, 0.15) is 24.2 Å². The van der Waals surface area contributed by atoms with Crippen molar-refractivity contribution in [3.63, 3.8) is 0 Å². The number of anilines is 2. The lowest BCUT2D eigenvalue weighted by Gasteiger charge is -2.19. The number of aryl methyl sites for hydroxylation is 1. The maximum atomic E-state index is 6.43. The molecule has 3 heterocycles. The van der Waals surface area contributed by atoms with Crippen LogP contribution >= 0.6 is 11.3 Å². The molecule has 138 valence electrons. The molecule has 1 unspecified atom stereocenters. The Bertz CT molecular complexity index is 1170. The SMILES string of the molecule is Cc1cccc2c1-c1ccc(s1)-c1ccnc(n1)Nc1cccc(c1)C(C)O2. The summed E-state index contributed by atoms with van der Waals surface area (Å²) in [7, 11) is 0. The minimum atomic E-state index is -0.0862.